The molecule has 0 aliphatic heterocycles. The Bertz CT molecular complexity index is 681. The summed E-state index contributed by atoms with van der Waals surface area (Å²) in [5.74, 6) is 1.28. The molecule has 2 heterocycles. The number of ether oxygens (including phenoxy) is 1. The molecule has 0 amide bonds. The maximum atomic E-state index is 6.41. The molecule has 0 atom stereocenters. The number of hydrogen-bond donors (Lipinski definition) is 0. The van der Waals surface area contributed by atoms with Gasteiger partial charge in [0.1, 0.15) is 10.7 Å². The SMILES string of the molecule is COc1c(-c2nc(Cl)c3c(n2)CCCCC3)c(C)nn1C. The number of fused-ring (bicyclic) bond motifs is 1. The van der Waals surface area contributed by atoms with Gasteiger partial charge in [-0.05, 0) is 32.6 Å². The van der Waals surface area contributed by atoms with E-state index < -0.39 is 0 Å². The van der Waals surface area contributed by atoms with Crippen molar-refractivity contribution < 1.29 is 4.74 Å². The van der Waals surface area contributed by atoms with Crippen LogP contribution in [0, 0.1) is 6.92 Å². The fraction of sp³-hybridized carbons (Fsp3) is 0.533. The van der Waals surface area contributed by atoms with E-state index in [4.69, 9.17) is 21.3 Å². The maximum Gasteiger partial charge on any atom is 0.222 e. The van der Waals surface area contributed by atoms with E-state index in [-0.39, 0.29) is 0 Å². The van der Waals surface area contributed by atoms with Gasteiger partial charge < -0.3 is 4.74 Å². The Kier molecular flexibility index (Phi) is 3.85. The van der Waals surface area contributed by atoms with Gasteiger partial charge in [0, 0.05) is 18.3 Å². The quantitative estimate of drug-likeness (QED) is 0.632. The number of nitrogens with zero attached hydrogens (tertiary/aromatic N) is 4. The number of rotatable bonds is 2. The standard InChI is InChI=1S/C15H19ClN4O/c1-9-12(15(21-3)20(2)19-9)14-17-11-8-6-4-5-7-10(11)13(16)18-14/h4-8H2,1-3H3. The molecule has 0 unspecified atom stereocenters. The van der Waals surface area contributed by atoms with E-state index in [0.717, 1.165) is 48.2 Å². The molecule has 2 aromatic heterocycles. The molecule has 0 fully saturated rings. The monoisotopic (exact) mass is 306 g/mol. The topological polar surface area (TPSA) is 52.8 Å². The van der Waals surface area contributed by atoms with Crippen LogP contribution in [0.25, 0.3) is 11.4 Å². The van der Waals surface area contributed by atoms with Crippen LogP contribution in [-0.2, 0) is 19.9 Å². The lowest BCUT2D eigenvalue weighted by atomic mass is 10.1. The first-order chi connectivity index (χ1) is 10.1. The molecule has 0 saturated carbocycles. The summed E-state index contributed by atoms with van der Waals surface area (Å²) in [5.41, 5.74) is 3.86. The molecule has 2 aromatic rings. The van der Waals surface area contributed by atoms with E-state index in [1.807, 2.05) is 14.0 Å². The summed E-state index contributed by atoms with van der Waals surface area (Å²) in [6.45, 7) is 1.93. The third-order valence-electron chi connectivity index (χ3n) is 3.97. The zero-order valence-corrected chi connectivity index (χ0v) is 13.4. The first kappa shape index (κ1) is 14.3. The van der Waals surface area contributed by atoms with E-state index in [1.54, 1.807) is 11.8 Å². The van der Waals surface area contributed by atoms with Gasteiger partial charge in [0.25, 0.3) is 0 Å². The van der Waals surface area contributed by atoms with E-state index in [9.17, 15) is 0 Å². The Morgan fingerprint density at radius 3 is 2.67 bits per heavy atom. The summed E-state index contributed by atoms with van der Waals surface area (Å²) in [7, 11) is 3.48. The Labute approximate surface area is 129 Å². The highest BCUT2D eigenvalue weighted by atomic mass is 35.5. The van der Waals surface area contributed by atoms with Crippen LogP contribution in [0.5, 0.6) is 5.88 Å². The predicted molar refractivity (Wildman–Crippen MR) is 81.8 cm³/mol. The molecule has 1 aliphatic carbocycles. The number of aryl methyl sites for hydroxylation is 3. The normalized spacial score (nSPS) is 14.7. The van der Waals surface area contributed by atoms with Gasteiger partial charge in [0.05, 0.1) is 12.8 Å². The van der Waals surface area contributed by atoms with Crippen LogP contribution < -0.4 is 4.74 Å². The molecule has 6 heteroatoms. The summed E-state index contributed by atoms with van der Waals surface area (Å²) in [5, 5.41) is 4.96. The Morgan fingerprint density at radius 2 is 1.90 bits per heavy atom. The Hall–Kier alpha value is -1.62. The molecule has 0 saturated heterocycles. The van der Waals surface area contributed by atoms with Gasteiger partial charge in [-0.2, -0.15) is 5.10 Å². The molecule has 5 nitrogen and oxygen atoms in total. The van der Waals surface area contributed by atoms with Gasteiger partial charge >= 0.3 is 0 Å². The molecule has 1 aliphatic rings. The maximum absolute atomic E-state index is 6.41. The molecule has 0 aromatic carbocycles. The molecule has 21 heavy (non-hydrogen) atoms. The van der Waals surface area contributed by atoms with Crippen molar-refractivity contribution in [2.75, 3.05) is 7.11 Å². The zero-order chi connectivity index (χ0) is 15.0. The van der Waals surface area contributed by atoms with Gasteiger partial charge in [-0.3, -0.25) is 0 Å². The highest BCUT2D eigenvalue weighted by Gasteiger charge is 2.22. The van der Waals surface area contributed by atoms with Gasteiger partial charge in [-0.15, -0.1) is 0 Å². The summed E-state index contributed by atoms with van der Waals surface area (Å²) >= 11 is 6.41. The third kappa shape index (κ3) is 2.50. The fourth-order valence-corrected chi connectivity index (χ4v) is 3.25. The van der Waals surface area contributed by atoms with Crippen molar-refractivity contribution in [3.63, 3.8) is 0 Å². The van der Waals surface area contributed by atoms with E-state index >= 15 is 0 Å². The van der Waals surface area contributed by atoms with Crippen molar-refractivity contribution in [1.82, 2.24) is 19.7 Å². The molecule has 0 bridgehead atoms. The van der Waals surface area contributed by atoms with Gasteiger partial charge in [0.15, 0.2) is 5.82 Å². The Morgan fingerprint density at radius 1 is 1.14 bits per heavy atom. The second-order valence-electron chi connectivity index (χ2n) is 5.42. The second-order valence-corrected chi connectivity index (χ2v) is 5.78. The summed E-state index contributed by atoms with van der Waals surface area (Å²) in [4.78, 5) is 9.26. The van der Waals surface area contributed by atoms with E-state index in [1.165, 1.54) is 6.42 Å². The molecular weight excluding hydrogens is 288 g/mol. The molecule has 0 N–H and O–H groups in total. The number of aromatic nitrogens is 4. The van der Waals surface area contributed by atoms with Crippen LogP contribution >= 0.6 is 11.6 Å². The minimum absolute atomic E-state index is 0.571. The highest BCUT2D eigenvalue weighted by Crippen LogP contribution is 2.33. The van der Waals surface area contributed by atoms with E-state index in [0.29, 0.717) is 16.9 Å². The second kappa shape index (κ2) is 5.64. The van der Waals surface area contributed by atoms with Gasteiger partial charge in [0.2, 0.25) is 5.88 Å². The van der Waals surface area contributed by atoms with Crippen molar-refractivity contribution >= 4 is 11.6 Å². The van der Waals surface area contributed by atoms with Crippen LogP contribution in [0.1, 0.15) is 36.2 Å². The zero-order valence-electron chi connectivity index (χ0n) is 12.6. The average Bonchev–Trinajstić information content (AvgIpc) is 2.63. The van der Waals surface area contributed by atoms with Crippen LogP contribution in [-0.4, -0.2) is 26.9 Å². The third-order valence-corrected chi connectivity index (χ3v) is 4.28. The van der Waals surface area contributed by atoms with Crippen LogP contribution in [0.4, 0.5) is 0 Å². The first-order valence-electron chi connectivity index (χ1n) is 7.25. The summed E-state index contributed by atoms with van der Waals surface area (Å²) < 4.78 is 7.14. The predicted octanol–water partition coefficient (Wildman–Crippen LogP) is 3.12. The van der Waals surface area contributed by atoms with Gasteiger partial charge in [-0.25, -0.2) is 14.6 Å². The smallest absolute Gasteiger partial charge is 0.222 e. The molecule has 0 spiro atoms. The lowest BCUT2D eigenvalue weighted by molar-refractivity contribution is 0.374. The average molecular weight is 307 g/mol. The fourth-order valence-electron chi connectivity index (χ4n) is 2.97. The first-order valence-corrected chi connectivity index (χ1v) is 7.63. The lowest BCUT2D eigenvalue weighted by Crippen LogP contribution is -2.03. The van der Waals surface area contributed by atoms with Gasteiger partial charge in [-0.1, -0.05) is 18.0 Å². The van der Waals surface area contributed by atoms with Crippen molar-refractivity contribution in [2.24, 2.45) is 7.05 Å². The van der Waals surface area contributed by atoms with E-state index in [2.05, 4.69) is 10.1 Å². The molecule has 112 valence electrons. The van der Waals surface area contributed by atoms with Crippen molar-refractivity contribution in [3.05, 3.63) is 22.1 Å². The minimum atomic E-state index is 0.571. The Balaban J connectivity index is 2.16. The summed E-state index contributed by atoms with van der Waals surface area (Å²) in [6.07, 6.45) is 5.47. The summed E-state index contributed by atoms with van der Waals surface area (Å²) in [6, 6.07) is 0. The largest absolute Gasteiger partial charge is 0.481 e. The van der Waals surface area contributed by atoms with Crippen molar-refractivity contribution in [2.45, 2.75) is 39.0 Å². The van der Waals surface area contributed by atoms with Crippen molar-refractivity contribution in [3.8, 4) is 17.3 Å². The highest BCUT2D eigenvalue weighted by molar-refractivity contribution is 6.30. The lowest BCUT2D eigenvalue weighted by Gasteiger charge is -2.10. The number of methoxy groups -OCH3 is 1. The molecule has 0 radical (unpaired) electrons. The number of halogens is 1. The minimum Gasteiger partial charge on any atom is -0.481 e. The number of hydrogen-bond acceptors (Lipinski definition) is 4. The van der Waals surface area contributed by atoms with Crippen LogP contribution in [0.15, 0.2) is 0 Å². The van der Waals surface area contributed by atoms with Crippen LogP contribution in [0.3, 0.4) is 0 Å². The van der Waals surface area contributed by atoms with Crippen LogP contribution in [0.2, 0.25) is 5.15 Å². The molecular formula is C15H19ClN4O. The molecule has 3 rings (SSSR count). The van der Waals surface area contributed by atoms with Crippen molar-refractivity contribution in [1.29, 1.82) is 0 Å².